The summed E-state index contributed by atoms with van der Waals surface area (Å²) in [5, 5.41) is 2.15. The minimum absolute atomic E-state index is 0.787. The number of aryl methyl sites for hydroxylation is 2. The van der Waals surface area contributed by atoms with Crippen LogP contribution in [0, 0.1) is 0 Å². The Balaban J connectivity index is 1.99. The van der Waals surface area contributed by atoms with Crippen molar-refractivity contribution in [1.29, 1.82) is 0 Å². The van der Waals surface area contributed by atoms with Crippen LogP contribution in [0.4, 0.5) is 0 Å². The van der Waals surface area contributed by atoms with Gasteiger partial charge in [0.2, 0.25) is 0 Å². The van der Waals surface area contributed by atoms with Crippen LogP contribution in [-0.2, 0) is 13.0 Å². The van der Waals surface area contributed by atoms with E-state index in [2.05, 4.69) is 41.1 Å². The van der Waals surface area contributed by atoms with E-state index in [-0.39, 0.29) is 0 Å². The molecule has 0 fully saturated rings. The van der Waals surface area contributed by atoms with Gasteiger partial charge >= 0.3 is 0 Å². The molecule has 0 unspecified atom stereocenters. The van der Waals surface area contributed by atoms with E-state index in [0.717, 1.165) is 11.6 Å². The third-order valence-corrected chi connectivity index (χ3v) is 4.26. The predicted octanol–water partition coefficient (Wildman–Crippen LogP) is 4.91. The molecule has 1 aromatic heterocycles. The topological polar surface area (TPSA) is 4.93 Å². The minimum Gasteiger partial charge on any atom is -0.347 e. The van der Waals surface area contributed by atoms with Gasteiger partial charge in [0.1, 0.15) is 0 Å². The summed E-state index contributed by atoms with van der Waals surface area (Å²) < 4.78 is 2.38. The lowest BCUT2D eigenvalue weighted by atomic mass is 9.96. The van der Waals surface area contributed by atoms with Gasteiger partial charge in [0.15, 0.2) is 0 Å². The molecule has 0 N–H and O–H groups in total. The monoisotopic (exact) mass is 267 g/mol. The molecule has 0 spiro atoms. The fourth-order valence-electron chi connectivity index (χ4n) is 3.11. The van der Waals surface area contributed by atoms with Crippen LogP contribution in [0.3, 0.4) is 0 Å². The maximum atomic E-state index is 5.97. The maximum Gasteiger partial charge on any atom is 0.0519 e. The van der Waals surface area contributed by atoms with Crippen LogP contribution in [0.2, 0.25) is 5.02 Å². The van der Waals surface area contributed by atoms with Crippen LogP contribution >= 0.6 is 11.6 Å². The van der Waals surface area contributed by atoms with Crippen LogP contribution in [-0.4, -0.2) is 4.57 Å². The molecule has 0 atom stereocenters. The lowest BCUT2D eigenvalue weighted by Crippen LogP contribution is -2.06. The molecular weight excluding hydrogens is 254 g/mol. The Hall–Kier alpha value is -1.73. The molecule has 2 heterocycles. The maximum absolute atomic E-state index is 5.97. The highest BCUT2D eigenvalue weighted by atomic mass is 35.5. The number of rotatable bonds is 1. The van der Waals surface area contributed by atoms with Crippen molar-refractivity contribution in [2.24, 2.45) is 0 Å². The molecule has 0 amide bonds. The molecule has 1 nitrogen and oxygen atoms in total. The van der Waals surface area contributed by atoms with Gasteiger partial charge in [-0.2, -0.15) is 0 Å². The minimum atomic E-state index is 0.787. The van der Waals surface area contributed by atoms with Crippen LogP contribution in [0.5, 0.6) is 0 Å². The molecular formula is C17H14ClN. The summed E-state index contributed by atoms with van der Waals surface area (Å²) >= 11 is 5.97. The standard InChI is InChI=1S/C17H14ClN/c18-14-6-3-12(4-7-14)15-8-5-13-2-1-10-19-11-9-16(15)17(13)19/h3-9,11H,1-2,10H2. The number of hydrogen-bond acceptors (Lipinski definition) is 0. The van der Waals surface area contributed by atoms with E-state index in [1.165, 1.54) is 40.4 Å². The Morgan fingerprint density at radius 3 is 2.63 bits per heavy atom. The summed E-state index contributed by atoms with van der Waals surface area (Å²) in [6.07, 6.45) is 4.66. The van der Waals surface area contributed by atoms with E-state index >= 15 is 0 Å². The average molecular weight is 268 g/mol. The van der Waals surface area contributed by atoms with E-state index in [9.17, 15) is 0 Å². The molecule has 0 saturated carbocycles. The fourth-order valence-corrected chi connectivity index (χ4v) is 3.24. The normalized spacial score (nSPS) is 13.9. The van der Waals surface area contributed by atoms with Crippen molar-refractivity contribution in [3.05, 3.63) is 59.2 Å². The second-order valence-corrected chi connectivity index (χ2v) is 5.59. The Morgan fingerprint density at radius 2 is 1.79 bits per heavy atom. The smallest absolute Gasteiger partial charge is 0.0519 e. The summed E-state index contributed by atoms with van der Waals surface area (Å²) in [5.41, 5.74) is 5.43. The quantitative estimate of drug-likeness (QED) is 0.590. The second kappa shape index (κ2) is 4.14. The molecule has 2 aromatic carbocycles. The van der Waals surface area contributed by atoms with Gasteiger partial charge in [-0.15, -0.1) is 0 Å². The van der Waals surface area contributed by atoms with Crippen LogP contribution < -0.4 is 0 Å². The fraction of sp³-hybridized carbons (Fsp3) is 0.176. The Kier molecular flexibility index (Phi) is 2.42. The molecule has 1 aliphatic rings. The number of nitrogens with zero attached hydrogens (tertiary/aromatic N) is 1. The van der Waals surface area contributed by atoms with Gasteiger partial charge in [-0.25, -0.2) is 0 Å². The lowest BCUT2D eigenvalue weighted by molar-refractivity contribution is 0.636. The van der Waals surface area contributed by atoms with E-state index < -0.39 is 0 Å². The van der Waals surface area contributed by atoms with Crippen molar-refractivity contribution in [3.8, 4) is 11.1 Å². The first-order valence-corrected chi connectivity index (χ1v) is 7.07. The van der Waals surface area contributed by atoms with Gasteiger partial charge in [0.05, 0.1) is 5.52 Å². The number of aromatic nitrogens is 1. The van der Waals surface area contributed by atoms with Crippen LogP contribution in [0.25, 0.3) is 22.0 Å². The first-order chi connectivity index (χ1) is 9.33. The van der Waals surface area contributed by atoms with E-state index in [0.29, 0.717) is 0 Å². The number of halogens is 1. The molecule has 4 rings (SSSR count). The molecule has 0 aliphatic carbocycles. The second-order valence-electron chi connectivity index (χ2n) is 5.15. The molecule has 0 radical (unpaired) electrons. The first kappa shape index (κ1) is 11.1. The first-order valence-electron chi connectivity index (χ1n) is 6.69. The SMILES string of the molecule is Clc1ccc(-c2ccc3c4c2ccn4CCC3)cc1. The summed E-state index contributed by atoms with van der Waals surface area (Å²) in [7, 11) is 0. The molecule has 19 heavy (non-hydrogen) atoms. The number of hydrogen-bond donors (Lipinski definition) is 0. The van der Waals surface area contributed by atoms with Gasteiger partial charge in [0.25, 0.3) is 0 Å². The highest BCUT2D eigenvalue weighted by Gasteiger charge is 2.15. The number of benzene rings is 2. The summed E-state index contributed by atoms with van der Waals surface area (Å²) in [6, 6.07) is 14.9. The highest BCUT2D eigenvalue weighted by Crippen LogP contribution is 2.34. The van der Waals surface area contributed by atoms with Gasteiger partial charge in [-0.05, 0) is 47.7 Å². The van der Waals surface area contributed by atoms with Gasteiger partial charge in [-0.3, -0.25) is 0 Å². The zero-order valence-corrected chi connectivity index (χ0v) is 11.3. The summed E-state index contributed by atoms with van der Waals surface area (Å²) in [5.74, 6) is 0. The van der Waals surface area contributed by atoms with E-state index in [1.807, 2.05) is 12.1 Å². The van der Waals surface area contributed by atoms with Crippen LogP contribution in [0.15, 0.2) is 48.7 Å². The van der Waals surface area contributed by atoms with E-state index in [4.69, 9.17) is 11.6 Å². The molecule has 0 saturated heterocycles. The van der Waals surface area contributed by atoms with Crippen LogP contribution in [0.1, 0.15) is 12.0 Å². The molecule has 2 heteroatoms. The van der Waals surface area contributed by atoms with Gasteiger partial charge < -0.3 is 4.57 Å². The van der Waals surface area contributed by atoms with Gasteiger partial charge in [0, 0.05) is 23.2 Å². The summed E-state index contributed by atoms with van der Waals surface area (Å²) in [4.78, 5) is 0. The Bertz CT molecular complexity index is 753. The summed E-state index contributed by atoms with van der Waals surface area (Å²) in [6.45, 7) is 1.14. The third-order valence-electron chi connectivity index (χ3n) is 4.01. The molecule has 0 bridgehead atoms. The Labute approximate surface area is 117 Å². The zero-order chi connectivity index (χ0) is 12.8. The molecule has 3 aromatic rings. The molecule has 94 valence electrons. The Morgan fingerprint density at radius 1 is 0.947 bits per heavy atom. The average Bonchev–Trinajstić information content (AvgIpc) is 2.87. The van der Waals surface area contributed by atoms with Crippen molar-refractivity contribution in [2.75, 3.05) is 0 Å². The highest BCUT2D eigenvalue weighted by molar-refractivity contribution is 6.30. The van der Waals surface area contributed by atoms with Crippen molar-refractivity contribution < 1.29 is 0 Å². The van der Waals surface area contributed by atoms with E-state index in [1.54, 1.807) is 0 Å². The van der Waals surface area contributed by atoms with Gasteiger partial charge in [-0.1, -0.05) is 35.9 Å². The third kappa shape index (κ3) is 1.69. The van der Waals surface area contributed by atoms with Crippen molar-refractivity contribution >= 4 is 22.5 Å². The lowest BCUT2D eigenvalue weighted by Gasteiger charge is -2.17. The molecule has 1 aliphatic heterocycles. The predicted molar refractivity (Wildman–Crippen MR) is 80.7 cm³/mol. The van der Waals surface area contributed by atoms with Crippen molar-refractivity contribution in [3.63, 3.8) is 0 Å². The van der Waals surface area contributed by atoms with Crippen molar-refractivity contribution in [1.82, 2.24) is 4.57 Å². The van der Waals surface area contributed by atoms with Crippen molar-refractivity contribution in [2.45, 2.75) is 19.4 Å². The largest absolute Gasteiger partial charge is 0.347 e. The zero-order valence-electron chi connectivity index (χ0n) is 10.6.